The summed E-state index contributed by atoms with van der Waals surface area (Å²) >= 11 is 0. The summed E-state index contributed by atoms with van der Waals surface area (Å²) in [5.74, 6) is -0.412. The van der Waals surface area contributed by atoms with Gasteiger partial charge in [0.25, 0.3) is 11.6 Å². The van der Waals surface area contributed by atoms with Crippen molar-refractivity contribution in [3.8, 4) is 22.5 Å². The molecule has 5 aromatic rings. The van der Waals surface area contributed by atoms with Crippen LogP contribution in [0.5, 0.6) is 0 Å². The van der Waals surface area contributed by atoms with Gasteiger partial charge in [-0.1, -0.05) is 60.7 Å². The van der Waals surface area contributed by atoms with Crippen LogP contribution >= 0.6 is 0 Å². The summed E-state index contributed by atoms with van der Waals surface area (Å²) in [6.45, 7) is 0. The predicted octanol–water partition coefficient (Wildman–Crippen LogP) is 5.64. The number of non-ortho nitro benzene ring substituents is 1. The lowest BCUT2D eigenvalue weighted by molar-refractivity contribution is -0.384. The highest BCUT2D eigenvalue weighted by atomic mass is 16.6. The van der Waals surface area contributed by atoms with Gasteiger partial charge in [-0.2, -0.15) is 5.10 Å². The molecule has 1 N–H and O–H groups in total. The molecule has 8 heteroatoms. The van der Waals surface area contributed by atoms with E-state index in [4.69, 9.17) is 9.97 Å². The monoisotopic (exact) mass is 473 g/mol. The molecule has 0 saturated carbocycles. The number of nitrogens with zero attached hydrogens (tertiary/aromatic N) is 4. The number of rotatable bonds is 6. The maximum absolute atomic E-state index is 12.7. The molecule has 0 radical (unpaired) electrons. The number of aromatic nitrogens is 2. The van der Waals surface area contributed by atoms with E-state index >= 15 is 0 Å². The lowest BCUT2D eigenvalue weighted by atomic mass is 10.0. The first kappa shape index (κ1) is 22.5. The Bertz CT molecular complexity index is 1590. The molecule has 0 aliphatic carbocycles. The Morgan fingerprint density at radius 2 is 1.36 bits per heavy atom. The number of nitro benzene ring substituents is 1. The van der Waals surface area contributed by atoms with Gasteiger partial charge >= 0.3 is 0 Å². The van der Waals surface area contributed by atoms with Gasteiger partial charge < -0.3 is 0 Å². The minimum atomic E-state index is -0.475. The van der Waals surface area contributed by atoms with E-state index < -0.39 is 10.8 Å². The van der Waals surface area contributed by atoms with Gasteiger partial charge in [-0.15, -0.1) is 0 Å². The molecular formula is C28H19N5O3. The Kier molecular flexibility index (Phi) is 6.23. The number of amides is 1. The number of nitrogens with one attached hydrogen (secondary N) is 1. The number of nitro groups is 1. The third kappa shape index (κ3) is 4.83. The van der Waals surface area contributed by atoms with Crippen molar-refractivity contribution in [2.24, 2.45) is 5.10 Å². The average molecular weight is 473 g/mol. The quantitative estimate of drug-likeness (QED) is 0.195. The summed E-state index contributed by atoms with van der Waals surface area (Å²) < 4.78 is 0. The fourth-order valence-corrected chi connectivity index (χ4v) is 3.70. The van der Waals surface area contributed by atoms with Gasteiger partial charge in [-0.3, -0.25) is 14.9 Å². The molecule has 0 aliphatic rings. The Hall–Kier alpha value is -5.24. The fraction of sp³-hybridized carbons (Fsp3) is 0. The second-order valence-corrected chi connectivity index (χ2v) is 7.90. The van der Waals surface area contributed by atoms with Crippen molar-refractivity contribution in [1.82, 2.24) is 15.4 Å². The third-order valence-corrected chi connectivity index (χ3v) is 5.50. The molecule has 1 amide bonds. The number of hydrogen-bond acceptors (Lipinski definition) is 6. The summed E-state index contributed by atoms with van der Waals surface area (Å²) in [6.07, 6.45) is 1.42. The van der Waals surface area contributed by atoms with Crippen molar-refractivity contribution >= 4 is 28.8 Å². The van der Waals surface area contributed by atoms with Gasteiger partial charge in [0.05, 0.1) is 33.6 Å². The summed E-state index contributed by atoms with van der Waals surface area (Å²) in [7, 11) is 0. The van der Waals surface area contributed by atoms with Crippen molar-refractivity contribution < 1.29 is 9.72 Å². The molecule has 36 heavy (non-hydrogen) atoms. The second-order valence-electron chi connectivity index (χ2n) is 7.90. The molecule has 174 valence electrons. The highest BCUT2D eigenvalue weighted by Crippen LogP contribution is 2.31. The Labute approximate surface area is 206 Å². The van der Waals surface area contributed by atoms with Gasteiger partial charge in [0.15, 0.2) is 0 Å². The van der Waals surface area contributed by atoms with E-state index in [1.165, 1.54) is 18.3 Å². The number of carbonyl (C=O) groups excluding carboxylic acids is 1. The Balaban J connectivity index is 1.44. The molecule has 4 aromatic carbocycles. The van der Waals surface area contributed by atoms with Crippen molar-refractivity contribution in [2.75, 3.05) is 0 Å². The van der Waals surface area contributed by atoms with Gasteiger partial charge in [0, 0.05) is 28.8 Å². The maximum atomic E-state index is 12.7. The standard InChI is InChI=1S/C28H19N5O3/c34-28(32-29-18-19-11-14-23(15-12-19)33(35)36)22-13-16-24-25(17-22)31-27(21-9-5-2-6-10-21)26(30-24)20-7-3-1-4-8-20/h1-18H,(H,32,34). The van der Waals surface area contributed by atoms with Crippen LogP contribution in [0.25, 0.3) is 33.5 Å². The zero-order valence-corrected chi connectivity index (χ0v) is 18.9. The maximum Gasteiger partial charge on any atom is 0.271 e. The SMILES string of the molecule is O=C(NN=Cc1ccc([N+](=O)[O-])cc1)c1ccc2nc(-c3ccccc3)c(-c3ccccc3)nc2c1. The molecule has 0 aliphatic heterocycles. The van der Waals surface area contributed by atoms with Crippen LogP contribution in [0.15, 0.2) is 108 Å². The minimum Gasteiger partial charge on any atom is -0.267 e. The molecule has 1 aromatic heterocycles. The van der Waals surface area contributed by atoms with E-state index in [-0.39, 0.29) is 5.69 Å². The van der Waals surface area contributed by atoms with Gasteiger partial charge in [-0.05, 0) is 35.9 Å². The summed E-state index contributed by atoms with van der Waals surface area (Å²) in [5.41, 5.74) is 8.08. The van der Waals surface area contributed by atoms with Crippen LogP contribution in [0.3, 0.4) is 0 Å². The Morgan fingerprint density at radius 1 is 0.778 bits per heavy atom. The zero-order valence-electron chi connectivity index (χ0n) is 18.9. The number of carbonyl (C=O) groups is 1. The van der Waals surface area contributed by atoms with Crippen LogP contribution in [0.1, 0.15) is 15.9 Å². The Morgan fingerprint density at radius 3 is 1.94 bits per heavy atom. The van der Waals surface area contributed by atoms with E-state index in [0.717, 1.165) is 22.5 Å². The summed E-state index contributed by atoms with van der Waals surface area (Å²) in [4.78, 5) is 32.7. The first-order chi connectivity index (χ1) is 17.6. The smallest absolute Gasteiger partial charge is 0.267 e. The predicted molar refractivity (Wildman–Crippen MR) is 139 cm³/mol. The van der Waals surface area contributed by atoms with E-state index in [2.05, 4.69) is 10.5 Å². The molecule has 0 unspecified atom stereocenters. The molecule has 0 atom stereocenters. The van der Waals surface area contributed by atoms with Crippen molar-refractivity contribution in [2.45, 2.75) is 0 Å². The molecule has 0 bridgehead atoms. The van der Waals surface area contributed by atoms with Crippen molar-refractivity contribution in [1.29, 1.82) is 0 Å². The highest BCUT2D eigenvalue weighted by molar-refractivity contribution is 5.98. The van der Waals surface area contributed by atoms with Crippen LogP contribution in [-0.2, 0) is 0 Å². The fourth-order valence-electron chi connectivity index (χ4n) is 3.70. The lowest BCUT2D eigenvalue weighted by Gasteiger charge is -2.11. The summed E-state index contributed by atoms with van der Waals surface area (Å²) in [6, 6.07) is 30.6. The van der Waals surface area contributed by atoms with Crippen LogP contribution in [0, 0.1) is 10.1 Å². The van der Waals surface area contributed by atoms with Gasteiger partial charge in [0.1, 0.15) is 0 Å². The summed E-state index contributed by atoms with van der Waals surface area (Å²) in [5, 5.41) is 14.7. The van der Waals surface area contributed by atoms with E-state index in [1.54, 1.807) is 30.3 Å². The molecule has 0 fully saturated rings. The van der Waals surface area contributed by atoms with Crippen molar-refractivity contribution in [3.63, 3.8) is 0 Å². The number of hydrazone groups is 1. The molecule has 0 saturated heterocycles. The number of fused-ring (bicyclic) bond motifs is 1. The molecule has 1 heterocycles. The first-order valence-electron chi connectivity index (χ1n) is 11.1. The zero-order chi connectivity index (χ0) is 24.9. The van der Waals surface area contributed by atoms with Crippen LogP contribution < -0.4 is 5.43 Å². The van der Waals surface area contributed by atoms with Gasteiger partial charge in [0.2, 0.25) is 0 Å². The highest BCUT2D eigenvalue weighted by Gasteiger charge is 2.14. The van der Waals surface area contributed by atoms with Gasteiger partial charge in [-0.25, -0.2) is 15.4 Å². The largest absolute Gasteiger partial charge is 0.271 e. The number of benzene rings is 4. The number of hydrogen-bond donors (Lipinski definition) is 1. The lowest BCUT2D eigenvalue weighted by Crippen LogP contribution is -2.17. The molecular weight excluding hydrogens is 454 g/mol. The van der Waals surface area contributed by atoms with Crippen LogP contribution in [-0.4, -0.2) is 27.0 Å². The minimum absolute atomic E-state index is 0.0150. The van der Waals surface area contributed by atoms with E-state index in [0.29, 0.717) is 22.2 Å². The molecule has 0 spiro atoms. The van der Waals surface area contributed by atoms with E-state index in [9.17, 15) is 14.9 Å². The van der Waals surface area contributed by atoms with Crippen LogP contribution in [0.2, 0.25) is 0 Å². The van der Waals surface area contributed by atoms with E-state index in [1.807, 2.05) is 60.7 Å². The average Bonchev–Trinajstić information content (AvgIpc) is 2.93. The second kappa shape index (κ2) is 9.94. The topological polar surface area (TPSA) is 110 Å². The molecule has 8 nitrogen and oxygen atoms in total. The molecule has 5 rings (SSSR count). The first-order valence-corrected chi connectivity index (χ1v) is 11.1. The normalized spacial score (nSPS) is 11.0. The van der Waals surface area contributed by atoms with Crippen LogP contribution in [0.4, 0.5) is 5.69 Å². The van der Waals surface area contributed by atoms with Crippen molar-refractivity contribution in [3.05, 3.63) is 124 Å². The third-order valence-electron chi connectivity index (χ3n) is 5.50.